The Kier molecular flexibility index (Phi) is 13.7. The fourth-order valence-electron chi connectivity index (χ4n) is 10.8. The van der Waals surface area contributed by atoms with Crippen LogP contribution in [0.2, 0.25) is 13.1 Å². The fraction of sp³-hybridized carbons (Fsp3) is 0.0357. The van der Waals surface area contributed by atoms with E-state index in [2.05, 4.69) is 0 Å². The molecule has 6 saturated heterocycles. The van der Waals surface area contributed by atoms with Gasteiger partial charge < -0.3 is 69.1 Å². The van der Waals surface area contributed by atoms with Gasteiger partial charge in [-0.05, 0) is 47.7 Å². The van der Waals surface area contributed by atoms with Gasteiger partial charge in [0.25, 0.3) is 0 Å². The number of anilines is 2. The Morgan fingerprint density at radius 3 is 0.646 bits per heavy atom. The largest absolute Gasteiger partial charge is 0.515 e. The molecule has 0 radical (unpaired) electrons. The van der Waals surface area contributed by atoms with Crippen LogP contribution < -0.4 is 58.1 Å². The molecule has 412 valence electrons. The van der Waals surface area contributed by atoms with E-state index in [-0.39, 0.29) is 0 Å². The summed E-state index contributed by atoms with van der Waals surface area (Å²) in [4.78, 5) is 0. The van der Waals surface area contributed by atoms with Gasteiger partial charge >= 0.3 is 88.3 Å². The van der Waals surface area contributed by atoms with Gasteiger partial charge in [0.15, 0.2) is 0 Å². The lowest BCUT2D eigenvalue weighted by Gasteiger charge is -2.59. The van der Waals surface area contributed by atoms with Gasteiger partial charge in [-0.3, -0.25) is 0 Å². The maximum absolute atomic E-state index is 8.48. The number of hydrogen-bond donors (Lipinski definition) is 2. The third-order valence-electron chi connectivity index (χ3n) is 14.7. The lowest BCUT2D eigenvalue weighted by molar-refractivity contribution is 0.0325. The van der Waals surface area contributed by atoms with Gasteiger partial charge in [0, 0.05) is 47.7 Å². The summed E-state index contributed by atoms with van der Waals surface area (Å²) < 4.78 is 116. The maximum Gasteiger partial charge on any atom is 0.515 e. The molecule has 26 heteroatoms. The number of nitrogen functional groups attached to an aromatic ring is 2. The molecule has 0 spiro atoms. The zero-order chi connectivity index (χ0) is 55.7. The van der Waals surface area contributed by atoms with Crippen LogP contribution in [0.1, 0.15) is 0 Å². The van der Waals surface area contributed by atoms with Crippen LogP contribution in [0.5, 0.6) is 0 Å². The van der Waals surface area contributed by atoms with Gasteiger partial charge in [-0.2, -0.15) is 0 Å². The standard InChI is InChI=1S/C56H54N2O14Si10/c1-74(48-42-38-46(57)39-43-48)62-76(50-24-10-3-11-25-50)59-73-60-77(51-26-12-4-13-27-51)63-75(2,49-44-40-47(58)41-45-49)65-80(54-32-18-7-19-33-54)69-78(61-73,52-28-14-5-15-29-52)68-79(64-74,53-30-16-6-17-31-53)70-82(71-80,56-36-22-9-23-37-56)72-81(66-76,67-77)55-34-20-8-21-35-55/h3-45,73H,57-58H2,1-2H3. The van der Waals surface area contributed by atoms with E-state index in [9.17, 15) is 0 Å². The van der Waals surface area contributed by atoms with Crippen molar-refractivity contribution in [1.82, 2.24) is 0 Å². The first kappa shape index (κ1) is 54.1. The Balaban J connectivity index is 1.23. The Hall–Kier alpha value is -5.81. The molecule has 8 bridgehead atoms. The molecule has 82 heavy (non-hydrogen) atoms. The van der Waals surface area contributed by atoms with E-state index in [1.807, 2.05) is 274 Å². The van der Waals surface area contributed by atoms with Gasteiger partial charge in [0.2, 0.25) is 0 Å². The van der Waals surface area contributed by atoms with Crippen molar-refractivity contribution in [2.45, 2.75) is 13.1 Å². The molecule has 9 aromatic rings. The third kappa shape index (κ3) is 9.44. The van der Waals surface area contributed by atoms with E-state index in [1.54, 1.807) is 0 Å². The topological polar surface area (TPSA) is 181 Å². The molecular weight excluding hydrogens is 1210 g/mol. The van der Waals surface area contributed by atoms with Gasteiger partial charge in [-0.1, -0.05) is 237 Å². The molecule has 6 aliphatic rings. The van der Waals surface area contributed by atoms with Gasteiger partial charge in [-0.25, -0.2) is 0 Å². The zero-order valence-electron chi connectivity index (χ0n) is 44.3. The average Bonchev–Trinajstić information content (AvgIpc) is 1.36. The lowest BCUT2D eigenvalue weighted by Crippen LogP contribution is -2.92. The average molecular weight is 1260 g/mol. The highest BCUT2D eigenvalue weighted by Crippen LogP contribution is 2.45. The molecule has 6 atom stereocenters. The van der Waals surface area contributed by atoms with Crippen LogP contribution in [0.15, 0.2) is 261 Å². The molecule has 15 rings (SSSR count). The summed E-state index contributed by atoms with van der Waals surface area (Å²) in [6, 6.07) is 81.9. The molecule has 16 nitrogen and oxygen atoms in total. The second kappa shape index (κ2) is 20.8. The molecule has 6 aliphatic heterocycles. The Morgan fingerprint density at radius 1 is 0.220 bits per heavy atom. The summed E-state index contributed by atoms with van der Waals surface area (Å²) in [6.07, 6.45) is 0. The van der Waals surface area contributed by atoms with Crippen LogP contribution in [-0.4, -0.2) is 88.3 Å². The summed E-state index contributed by atoms with van der Waals surface area (Å²) in [5.74, 6) is 0. The number of nitrogens with two attached hydrogens (primary N) is 2. The number of fused-ring (bicyclic) bond motifs is 4. The normalized spacial score (nSPS) is 33.2. The van der Waals surface area contributed by atoms with Crippen LogP contribution in [-0.2, 0) is 57.6 Å². The van der Waals surface area contributed by atoms with Crippen molar-refractivity contribution in [3.63, 3.8) is 0 Å². The quantitative estimate of drug-likeness (QED) is 0.159. The van der Waals surface area contributed by atoms with Crippen molar-refractivity contribution in [1.29, 1.82) is 0 Å². The summed E-state index contributed by atoms with van der Waals surface area (Å²) in [7, 11) is -48.0. The van der Waals surface area contributed by atoms with E-state index in [0.29, 0.717) is 58.1 Å². The fourth-order valence-corrected chi connectivity index (χ4v) is 64.5. The first-order chi connectivity index (χ1) is 39.8. The maximum atomic E-state index is 8.48. The second-order valence-corrected chi connectivity index (χ2v) is 49.5. The summed E-state index contributed by atoms with van der Waals surface area (Å²) >= 11 is 0. The number of hydrogen-bond acceptors (Lipinski definition) is 16. The van der Waals surface area contributed by atoms with E-state index >= 15 is 0 Å². The molecule has 6 unspecified atom stereocenters. The molecule has 6 fully saturated rings. The van der Waals surface area contributed by atoms with E-state index in [0.717, 1.165) is 0 Å². The highest BCUT2D eigenvalue weighted by atomic mass is 28.6. The van der Waals surface area contributed by atoms with Crippen LogP contribution in [0.3, 0.4) is 0 Å². The van der Waals surface area contributed by atoms with Crippen molar-refractivity contribution >= 4 is 146 Å². The first-order valence-electron chi connectivity index (χ1n) is 26.7. The molecule has 0 amide bonds. The molecule has 9 aromatic carbocycles. The molecular formula is C56H54N2O14Si10. The lowest BCUT2D eigenvalue weighted by atomic mass is 10.3. The molecule has 0 saturated carbocycles. The summed E-state index contributed by atoms with van der Waals surface area (Å²) in [6.45, 7) is 3.90. The second-order valence-electron chi connectivity index (χ2n) is 20.4. The van der Waals surface area contributed by atoms with Gasteiger partial charge in [0.1, 0.15) is 0 Å². The minimum atomic E-state index is -5.21. The van der Waals surface area contributed by atoms with Crippen LogP contribution in [0, 0.1) is 0 Å². The number of rotatable bonds is 9. The van der Waals surface area contributed by atoms with Crippen molar-refractivity contribution < 1.29 is 57.6 Å². The highest BCUT2D eigenvalue weighted by Gasteiger charge is 2.81. The van der Waals surface area contributed by atoms with Crippen molar-refractivity contribution in [3.05, 3.63) is 261 Å². The van der Waals surface area contributed by atoms with Crippen molar-refractivity contribution in [2.75, 3.05) is 11.5 Å². The van der Waals surface area contributed by atoms with Crippen LogP contribution >= 0.6 is 0 Å². The van der Waals surface area contributed by atoms with Crippen LogP contribution in [0.25, 0.3) is 0 Å². The van der Waals surface area contributed by atoms with Gasteiger partial charge in [-0.15, -0.1) is 0 Å². The molecule has 6 heterocycles. The van der Waals surface area contributed by atoms with Crippen molar-refractivity contribution in [2.24, 2.45) is 0 Å². The predicted octanol–water partition coefficient (Wildman–Crippen LogP) is 3.05. The highest BCUT2D eigenvalue weighted by molar-refractivity contribution is 7.12. The van der Waals surface area contributed by atoms with E-state index in [1.165, 1.54) is 0 Å². The molecule has 0 aromatic heterocycles. The van der Waals surface area contributed by atoms with Gasteiger partial charge in [0.05, 0.1) is 0 Å². The molecule has 4 N–H and O–H groups in total. The third-order valence-corrected chi connectivity index (χ3v) is 56.4. The smallest absolute Gasteiger partial charge is 0.399 e. The van der Waals surface area contributed by atoms with E-state index in [4.69, 9.17) is 69.1 Å². The SMILES string of the molecule is C[Si]1(c2ccc(N)cc2)O[Si]2(c3ccccc3)O[SiH]3O[Si]4(c5ccccc5)O[Si](C)(c5ccc(N)cc5)O[Si]5(c6ccccc6)O[Si](c6ccccc6)(O3)O[Si](c3ccccc3)(O1)O[Si](c1ccccc1)(O5)O[Si](c1ccccc1)(O2)O4. The minimum Gasteiger partial charge on any atom is -0.399 e. The monoisotopic (exact) mass is 1260 g/mol. The zero-order valence-corrected chi connectivity index (χ0v) is 54.4. The summed E-state index contributed by atoms with van der Waals surface area (Å²) in [5, 5.41) is 4.84. The summed E-state index contributed by atoms with van der Waals surface area (Å²) in [5.41, 5.74) is 14.1. The Morgan fingerprint density at radius 2 is 0.402 bits per heavy atom. The predicted molar refractivity (Wildman–Crippen MR) is 329 cm³/mol. The van der Waals surface area contributed by atoms with E-state index < -0.39 is 88.3 Å². The Labute approximate surface area is 486 Å². The van der Waals surface area contributed by atoms with Crippen molar-refractivity contribution in [3.8, 4) is 0 Å². The molecule has 0 aliphatic carbocycles. The Bertz CT molecular complexity index is 3560. The van der Waals surface area contributed by atoms with Crippen LogP contribution in [0.4, 0.5) is 11.4 Å². The minimum absolute atomic E-state index is 0.474. The first-order valence-corrected chi connectivity index (χ1v) is 44.8. The number of benzene rings is 9.